The first kappa shape index (κ1) is 15.3. The second-order valence-corrected chi connectivity index (χ2v) is 5.36. The van der Waals surface area contributed by atoms with E-state index < -0.39 is 5.82 Å². The monoisotopic (exact) mass is 298 g/mol. The highest BCUT2D eigenvalue weighted by Crippen LogP contribution is 2.16. The van der Waals surface area contributed by atoms with Gasteiger partial charge >= 0.3 is 0 Å². The van der Waals surface area contributed by atoms with E-state index in [2.05, 4.69) is 17.5 Å². The molecule has 1 heterocycles. The van der Waals surface area contributed by atoms with E-state index in [1.54, 1.807) is 4.90 Å². The average molecular weight is 298 g/mol. The molecule has 0 unspecified atom stereocenters. The number of aliphatic hydroxyl groups is 1. The zero-order chi connectivity index (χ0) is 14.5. The number of thiol groups is 1. The zero-order valence-electron chi connectivity index (χ0n) is 11.3. The molecule has 1 aromatic rings. The van der Waals surface area contributed by atoms with Crippen LogP contribution in [-0.2, 0) is 0 Å². The fourth-order valence-electron chi connectivity index (χ4n) is 2.37. The summed E-state index contributed by atoms with van der Waals surface area (Å²) in [7, 11) is 0. The van der Waals surface area contributed by atoms with E-state index in [1.807, 2.05) is 0 Å². The molecular formula is C14H19FN2O2S. The number of rotatable bonds is 3. The van der Waals surface area contributed by atoms with Gasteiger partial charge in [-0.15, -0.1) is 12.6 Å². The van der Waals surface area contributed by atoms with Gasteiger partial charge in [0.2, 0.25) is 0 Å². The van der Waals surface area contributed by atoms with Crippen molar-refractivity contribution < 1.29 is 14.3 Å². The largest absolute Gasteiger partial charge is 0.395 e. The number of halogens is 1. The number of aliphatic hydroxyl groups excluding tert-OH is 1. The van der Waals surface area contributed by atoms with Crippen molar-refractivity contribution in [3.05, 3.63) is 29.6 Å². The number of hydrogen-bond donors (Lipinski definition) is 2. The summed E-state index contributed by atoms with van der Waals surface area (Å²) >= 11 is 4.01. The number of carbonyl (C=O) groups is 1. The number of hydrogen-bond acceptors (Lipinski definition) is 4. The Morgan fingerprint density at radius 1 is 1.30 bits per heavy atom. The number of β-amino-alcohol motifs (C(OH)–C–C–N with tert-alkyl or cyclic N) is 1. The van der Waals surface area contributed by atoms with Crippen molar-refractivity contribution in [3.8, 4) is 0 Å². The highest BCUT2D eigenvalue weighted by Gasteiger charge is 2.20. The van der Waals surface area contributed by atoms with Gasteiger partial charge in [-0.05, 0) is 31.2 Å². The lowest BCUT2D eigenvalue weighted by Crippen LogP contribution is -2.35. The first-order chi connectivity index (χ1) is 9.61. The van der Waals surface area contributed by atoms with Crippen LogP contribution in [0.1, 0.15) is 16.8 Å². The summed E-state index contributed by atoms with van der Waals surface area (Å²) in [5.74, 6) is -0.513. The Balaban J connectivity index is 2.03. The number of amides is 1. The van der Waals surface area contributed by atoms with E-state index in [1.165, 1.54) is 18.2 Å². The lowest BCUT2D eigenvalue weighted by Gasteiger charge is -2.21. The Hall–Kier alpha value is -1.11. The molecule has 2 rings (SSSR count). The minimum Gasteiger partial charge on any atom is -0.395 e. The second-order valence-electron chi connectivity index (χ2n) is 4.88. The van der Waals surface area contributed by atoms with Crippen molar-refractivity contribution in [2.45, 2.75) is 11.3 Å². The Bertz CT molecular complexity index is 484. The molecule has 1 aromatic carbocycles. The summed E-state index contributed by atoms with van der Waals surface area (Å²) in [4.78, 5) is 16.5. The Labute approximate surface area is 123 Å². The maximum Gasteiger partial charge on any atom is 0.253 e. The summed E-state index contributed by atoms with van der Waals surface area (Å²) in [5, 5.41) is 8.95. The molecule has 0 aliphatic carbocycles. The van der Waals surface area contributed by atoms with Crippen molar-refractivity contribution in [2.24, 2.45) is 0 Å². The molecule has 0 spiro atoms. The van der Waals surface area contributed by atoms with E-state index in [0.717, 1.165) is 19.5 Å². The van der Waals surface area contributed by atoms with Crippen LogP contribution >= 0.6 is 12.6 Å². The van der Waals surface area contributed by atoms with Crippen molar-refractivity contribution in [1.82, 2.24) is 9.80 Å². The highest BCUT2D eigenvalue weighted by molar-refractivity contribution is 7.80. The molecule has 0 bridgehead atoms. The molecular weight excluding hydrogens is 279 g/mol. The van der Waals surface area contributed by atoms with Crippen LogP contribution in [0.15, 0.2) is 23.1 Å². The zero-order valence-corrected chi connectivity index (χ0v) is 12.2. The molecule has 1 fully saturated rings. The van der Waals surface area contributed by atoms with Crippen LogP contribution in [0.5, 0.6) is 0 Å². The molecule has 6 heteroatoms. The molecule has 110 valence electrons. The summed E-state index contributed by atoms with van der Waals surface area (Å²) in [6.07, 6.45) is 0.876. The maximum atomic E-state index is 13.2. The van der Waals surface area contributed by atoms with Gasteiger partial charge in [0.25, 0.3) is 5.91 Å². The third-order valence-electron chi connectivity index (χ3n) is 3.49. The summed E-state index contributed by atoms with van der Waals surface area (Å²) in [6.45, 7) is 3.71. The molecule has 1 saturated heterocycles. The van der Waals surface area contributed by atoms with E-state index in [-0.39, 0.29) is 17.4 Å². The first-order valence-electron chi connectivity index (χ1n) is 6.73. The van der Waals surface area contributed by atoms with E-state index in [9.17, 15) is 9.18 Å². The quantitative estimate of drug-likeness (QED) is 0.826. The molecule has 4 nitrogen and oxygen atoms in total. The van der Waals surface area contributed by atoms with Gasteiger partial charge in [-0.2, -0.15) is 0 Å². The van der Waals surface area contributed by atoms with Crippen LogP contribution in [0, 0.1) is 5.82 Å². The SMILES string of the molecule is O=C(c1ccc(F)c(S)c1)N1CCCN(CCO)CC1. The minimum absolute atomic E-state index is 0.0915. The molecule has 1 aliphatic heterocycles. The normalized spacial score (nSPS) is 17.1. The molecule has 1 N–H and O–H groups in total. The second kappa shape index (κ2) is 7.06. The number of benzene rings is 1. The molecule has 1 aliphatic rings. The molecule has 20 heavy (non-hydrogen) atoms. The Morgan fingerprint density at radius 3 is 2.80 bits per heavy atom. The van der Waals surface area contributed by atoms with E-state index in [0.29, 0.717) is 25.2 Å². The van der Waals surface area contributed by atoms with E-state index in [4.69, 9.17) is 5.11 Å². The predicted molar refractivity (Wildman–Crippen MR) is 77.7 cm³/mol. The van der Waals surface area contributed by atoms with Crippen molar-refractivity contribution in [3.63, 3.8) is 0 Å². The highest BCUT2D eigenvalue weighted by atomic mass is 32.1. The molecule has 1 amide bonds. The van der Waals surface area contributed by atoms with Crippen molar-refractivity contribution >= 4 is 18.5 Å². The predicted octanol–water partition coefficient (Wildman–Crippen LogP) is 1.25. The summed E-state index contributed by atoms with van der Waals surface area (Å²) in [6, 6.07) is 4.23. The van der Waals surface area contributed by atoms with Crippen LogP contribution < -0.4 is 0 Å². The molecule has 0 radical (unpaired) electrons. The third kappa shape index (κ3) is 3.71. The standard InChI is InChI=1S/C14H19FN2O2S/c15-12-3-2-11(10-13(12)20)14(19)17-5-1-4-16(6-7-17)8-9-18/h2-3,10,18,20H,1,4-9H2. The first-order valence-corrected chi connectivity index (χ1v) is 7.17. The minimum atomic E-state index is -0.421. The van der Waals surface area contributed by atoms with Gasteiger partial charge < -0.3 is 10.0 Å². The van der Waals surface area contributed by atoms with Gasteiger partial charge in [-0.25, -0.2) is 4.39 Å². The van der Waals surface area contributed by atoms with Gasteiger partial charge in [0.05, 0.1) is 6.61 Å². The smallest absolute Gasteiger partial charge is 0.253 e. The van der Waals surface area contributed by atoms with Crippen molar-refractivity contribution in [1.29, 1.82) is 0 Å². The van der Waals surface area contributed by atoms with Gasteiger partial charge in [0.1, 0.15) is 5.82 Å². The lowest BCUT2D eigenvalue weighted by atomic mass is 10.2. The van der Waals surface area contributed by atoms with Crippen LogP contribution in [0.4, 0.5) is 4.39 Å². The Morgan fingerprint density at radius 2 is 2.10 bits per heavy atom. The van der Waals surface area contributed by atoms with Gasteiger partial charge in [-0.3, -0.25) is 9.69 Å². The summed E-state index contributed by atoms with van der Waals surface area (Å²) < 4.78 is 13.2. The molecule has 0 saturated carbocycles. The van der Waals surface area contributed by atoms with Gasteiger partial charge in [0.15, 0.2) is 0 Å². The number of nitrogens with zero attached hydrogens (tertiary/aromatic N) is 2. The Kier molecular flexibility index (Phi) is 5.39. The number of carbonyl (C=O) groups excluding carboxylic acids is 1. The third-order valence-corrected chi connectivity index (χ3v) is 3.83. The van der Waals surface area contributed by atoms with Crippen LogP contribution in [-0.4, -0.2) is 60.1 Å². The van der Waals surface area contributed by atoms with Crippen molar-refractivity contribution in [2.75, 3.05) is 39.3 Å². The topological polar surface area (TPSA) is 43.8 Å². The molecule has 0 aromatic heterocycles. The van der Waals surface area contributed by atoms with Crippen LogP contribution in [0.3, 0.4) is 0 Å². The maximum absolute atomic E-state index is 13.2. The van der Waals surface area contributed by atoms with Gasteiger partial charge in [0, 0.05) is 36.6 Å². The lowest BCUT2D eigenvalue weighted by molar-refractivity contribution is 0.0760. The van der Waals surface area contributed by atoms with E-state index >= 15 is 0 Å². The average Bonchev–Trinajstić information content (AvgIpc) is 2.67. The fourth-order valence-corrected chi connectivity index (χ4v) is 2.58. The van der Waals surface area contributed by atoms with Crippen LogP contribution in [0.2, 0.25) is 0 Å². The van der Waals surface area contributed by atoms with Gasteiger partial charge in [-0.1, -0.05) is 0 Å². The molecule has 0 atom stereocenters. The van der Waals surface area contributed by atoms with Crippen LogP contribution in [0.25, 0.3) is 0 Å². The summed E-state index contributed by atoms with van der Waals surface area (Å²) in [5.41, 5.74) is 0.465. The fraction of sp³-hybridized carbons (Fsp3) is 0.500.